The lowest BCUT2D eigenvalue weighted by atomic mass is 9.78. The second-order valence-corrected chi connectivity index (χ2v) is 6.10. The minimum absolute atomic E-state index is 0.0360. The number of alkyl halides is 3. The molecule has 1 aromatic carbocycles. The van der Waals surface area contributed by atoms with Crippen LogP contribution >= 0.6 is 11.6 Å². The highest BCUT2D eigenvalue weighted by Gasteiger charge is 2.42. The summed E-state index contributed by atoms with van der Waals surface area (Å²) in [7, 11) is 0. The number of hydrogen-bond acceptors (Lipinski definition) is 1. The smallest absolute Gasteiger partial charge is 0.391 e. The Morgan fingerprint density at radius 1 is 1.19 bits per heavy atom. The van der Waals surface area contributed by atoms with Crippen LogP contribution in [-0.4, -0.2) is 17.4 Å². The second-order valence-electron chi connectivity index (χ2n) is 5.66. The number of aliphatic hydroxyl groups is 1. The van der Waals surface area contributed by atoms with Crippen molar-refractivity contribution in [2.45, 2.75) is 44.4 Å². The summed E-state index contributed by atoms with van der Waals surface area (Å²) in [6, 6.07) is 4.21. The van der Waals surface area contributed by atoms with Gasteiger partial charge in [-0.05, 0) is 49.3 Å². The third-order valence-electron chi connectivity index (χ3n) is 4.22. The van der Waals surface area contributed by atoms with Gasteiger partial charge in [-0.2, -0.15) is 13.2 Å². The zero-order valence-electron chi connectivity index (χ0n) is 11.3. The van der Waals surface area contributed by atoms with Crippen LogP contribution in [0.25, 0.3) is 0 Å². The van der Waals surface area contributed by atoms with Crippen molar-refractivity contribution in [1.82, 2.24) is 0 Å². The Kier molecular flexibility index (Phi) is 5.15. The van der Waals surface area contributed by atoms with E-state index >= 15 is 0 Å². The van der Waals surface area contributed by atoms with E-state index < -0.39 is 24.0 Å². The predicted octanol–water partition coefficient (Wildman–Crippen LogP) is 4.75. The largest absolute Gasteiger partial charge is 0.392 e. The first-order valence-electron chi connectivity index (χ1n) is 6.96. The van der Waals surface area contributed by atoms with Gasteiger partial charge < -0.3 is 5.11 Å². The molecule has 6 heteroatoms. The Morgan fingerprint density at radius 3 is 2.33 bits per heavy atom. The quantitative estimate of drug-likeness (QED) is 0.795. The van der Waals surface area contributed by atoms with Crippen LogP contribution in [0.1, 0.15) is 31.2 Å². The SMILES string of the molecule is OC(Cc1ccc(Cl)cc1F)C1CCC(C(F)(F)F)CC1. The standard InChI is InChI=1S/C15H17ClF4O/c16-12-6-3-10(13(17)8-12)7-14(21)9-1-4-11(5-2-9)15(18,19)20/h3,6,8-9,11,14,21H,1-2,4-5,7H2. The molecular formula is C15H17ClF4O. The van der Waals surface area contributed by atoms with Crippen LogP contribution in [0.15, 0.2) is 18.2 Å². The Morgan fingerprint density at radius 2 is 1.81 bits per heavy atom. The lowest BCUT2D eigenvalue weighted by molar-refractivity contribution is -0.185. The van der Waals surface area contributed by atoms with Gasteiger partial charge in [0, 0.05) is 11.4 Å². The molecule has 0 aliphatic heterocycles. The molecule has 1 unspecified atom stereocenters. The predicted molar refractivity (Wildman–Crippen MR) is 72.6 cm³/mol. The van der Waals surface area contributed by atoms with Crippen LogP contribution < -0.4 is 0 Å². The Hall–Kier alpha value is -0.810. The summed E-state index contributed by atoms with van der Waals surface area (Å²) in [5.41, 5.74) is 0.338. The summed E-state index contributed by atoms with van der Waals surface area (Å²) in [6.07, 6.45) is -4.17. The van der Waals surface area contributed by atoms with E-state index in [1.54, 1.807) is 0 Å². The van der Waals surface area contributed by atoms with Crippen molar-refractivity contribution in [1.29, 1.82) is 0 Å². The number of rotatable bonds is 3. The molecule has 0 radical (unpaired) electrons. The first-order chi connectivity index (χ1) is 9.77. The summed E-state index contributed by atoms with van der Waals surface area (Å²) < 4.78 is 51.4. The maximum Gasteiger partial charge on any atom is 0.391 e. The molecule has 21 heavy (non-hydrogen) atoms. The molecule has 1 N–H and O–H groups in total. The summed E-state index contributed by atoms with van der Waals surface area (Å²) in [6.45, 7) is 0. The fraction of sp³-hybridized carbons (Fsp3) is 0.600. The highest BCUT2D eigenvalue weighted by molar-refractivity contribution is 6.30. The van der Waals surface area contributed by atoms with Gasteiger partial charge in [-0.15, -0.1) is 0 Å². The molecule has 0 heterocycles. The monoisotopic (exact) mass is 324 g/mol. The van der Waals surface area contributed by atoms with Gasteiger partial charge in [0.1, 0.15) is 5.82 Å². The Labute approximate surface area is 125 Å². The van der Waals surface area contributed by atoms with Crippen molar-refractivity contribution in [2.24, 2.45) is 11.8 Å². The van der Waals surface area contributed by atoms with Gasteiger partial charge >= 0.3 is 6.18 Å². The van der Waals surface area contributed by atoms with Crippen molar-refractivity contribution >= 4 is 11.6 Å². The normalized spacial score (nSPS) is 24.9. The molecule has 118 valence electrons. The van der Waals surface area contributed by atoms with E-state index in [2.05, 4.69) is 0 Å². The summed E-state index contributed by atoms with van der Waals surface area (Å²) in [4.78, 5) is 0. The van der Waals surface area contributed by atoms with Crippen molar-refractivity contribution < 1.29 is 22.7 Å². The third kappa shape index (κ3) is 4.33. The van der Waals surface area contributed by atoms with Crippen LogP contribution in [0, 0.1) is 17.7 Å². The van der Waals surface area contributed by atoms with E-state index in [0.717, 1.165) is 0 Å². The summed E-state index contributed by atoms with van der Waals surface area (Å²) in [5.74, 6) is -1.97. The molecule has 1 atom stereocenters. The van der Waals surface area contributed by atoms with Crippen LogP contribution in [0.2, 0.25) is 5.02 Å². The zero-order valence-corrected chi connectivity index (χ0v) is 12.1. The van der Waals surface area contributed by atoms with Gasteiger partial charge in [-0.3, -0.25) is 0 Å². The molecule has 1 fully saturated rings. The molecule has 0 amide bonds. The maximum absolute atomic E-state index is 13.7. The molecular weight excluding hydrogens is 308 g/mol. The number of halogens is 5. The lowest BCUT2D eigenvalue weighted by Crippen LogP contribution is -2.32. The highest BCUT2D eigenvalue weighted by atomic mass is 35.5. The Bertz CT molecular complexity index is 481. The fourth-order valence-corrected chi connectivity index (χ4v) is 3.07. The fourth-order valence-electron chi connectivity index (χ4n) is 2.91. The molecule has 1 aliphatic carbocycles. The topological polar surface area (TPSA) is 20.2 Å². The van der Waals surface area contributed by atoms with E-state index in [-0.39, 0.29) is 30.2 Å². The second kappa shape index (κ2) is 6.53. The average Bonchev–Trinajstić information content (AvgIpc) is 2.41. The number of hydrogen-bond donors (Lipinski definition) is 1. The Balaban J connectivity index is 1.92. The van der Waals surface area contributed by atoms with E-state index in [9.17, 15) is 22.7 Å². The molecule has 0 saturated heterocycles. The molecule has 1 saturated carbocycles. The minimum Gasteiger partial charge on any atom is -0.392 e. The van der Waals surface area contributed by atoms with Crippen LogP contribution in [0.3, 0.4) is 0 Å². The molecule has 2 rings (SSSR count). The van der Waals surface area contributed by atoms with Gasteiger partial charge in [-0.1, -0.05) is 17.7 Å². The third-order valence-corrected chi connectivity index (χ3v) is 4.46. The van der Waals surface area contributed by atoms with Crippen molar-refractivity contribution in [3.05, 3.63) is 34.6 Å². The molecule has 1 aromatic rings. The minimum atomic E-state index is -4.15. The molecule has 1 nitrogen and oxygen atoms in total. The molecule has 0 bridgehead atoms. The molecule has 0 spiro atoms. The maximum atomic E-state index is 13.7. The van der Waals surface area contributed by atoms with Gasteiger partial charge in [0.05, 0.1) is 12.0 Å². The zero-order chi connectivity index (χ0) is 15.6. The summed E-state index contributed by atoms with van der Waals surface area (Å²) in [5, 5.41) is 10.4. The average molecular weight is 325 g/mol. The van der Waals surface area contributed by atoms with Crippen molar-refractivity contribution in [3.63, 3.8) is 0 Å². The van der Waals surface area contributed by atoms with Crippen LogP contribution in [0.5, 0.6) is 0 Å². The number of aliphatic hydroxyl groups excluding tert-OH is 1. The van der Waals surface area contributed by atoms with Crippen LogP contribution in [0.4, 0.5) is 17.6 Å². The highest BCUT2D eigenvalue weighted by Crippen LogP contribution is 2.40. The van der Waals surface area contributed by atoms with E-state index in [1.807, 2.05) is 0 Å². The number of benzene rings is 1. The van der Waals surface area contributed by atoms with E-state index in [0.29, 0.717) is 18.4 Å². The van der Waals surface area contributed by atoms with Gasteiger partial charge in [0.25, 0.3) is 0 Å². The van der Waals surface area contributed by atoms with Gasteiger partial charge in [0.2, 0.25) is 0 Å². The van der Waals surface area contributed by atoms with E-state index in [4.69, 9.17) is 11.6 Å². The van der Waals surface area contributed by atoms with Gasteiger partial charge in [0.15, 0.2) is 0 Å². The summed E-state index contributed by atoms with van der Waals surface area (Å²) >= 11 is 5.65. The van der Waals surface area contributed by atoms with Crippen molar-refractivity contribution in [2.75, 3.05) is 0 Å². The molecule has 0 aromatic heterocycles. The first-order valence-corrected chi connectivity index (χ1v) is 7.34. The lowest BCUT2D eigenvalue weighted by Gasteiger charge is -2.32. The van der Waals surface area contributed by atoms with E-state index in [1.165, 1.54) is 18.2 Å². The van der Waals surface area contributed by atoms with Crippen molar-refractivity contribution in [3.8, 4) is 0 Å². The van der Waals surface area contributed by atoms with Gasteiger partial charge in [-0.25, -0.2) is 4.39 Å². The molecule has 1 aliphatic rings. The van der Waals surface area contributed by atoms with Crippen LogP contribution in [-0.2, 0) is 6.42 Å². The first kappa shape index (κ1) is 16.6.